The van der Waals surface area contributed by atoms with Gasteiger partial charge in [0.1, 0.15) is 17.5 Å². The Labute approximate surface area is 259 Å². The topological polar surface area (TPSA) is 43.7 Å². The van der Waals surface area contributed by atoms with Crippen LogP contribution in [0.4, 0.5) is 8.78 Å². The van der Waals surface area contributed by atoms with Gasteiger partial charge in [0.05, 0.1) is 12.1 Å². The van der Waals surface area contributed by atoms with Crippen LogP contribution in [0.1, 0.15) is 80.6 Å². The fourth-order valence-corrected chi connectivity index (χ4v) is 5.99. The number of ether oxygens (including phenoxy) is 2. The first-order valence-electron chi connectivity index (χ1n) is 15.4. The van der Waals surface area contributed by atoms with Crippen LogP contribution in [0.15, 0.2) is 79.2 Å². The van der Waals surface area contributed by atoms with E-state index < -0.39 is 11.6 Å². The van der Waals surface area contributed by atoms with E-state index in [-0.39, 0.29) is 29.8 Å². The van der Waals surface area contributed by atoms with Crippen LogP contribution in [-0.2, 0) is 17.7 Å². The number of ketones is 1. The molecule has 1 aliphatic rings. The number of nitrogens with zero attached hydrogens (tertiary/aromatic N) is 2. The molecule has 44 heavy (non-hydrogen) atoms. The lowest BCUT2D eigenvalue weighted by molar-refractivity contribution is 0.00660. The standard InChI is InChI=1S/C37H42F2N2O3/c1-24(2)36-35(34(42)17-13-26-12-16-31(38)32(39)20-26)30-15-14-28(21-33(30)41(36)22-27-10-8-7-9-11-27)43-29-18-19-40(23-29)25(3)44-37(4,5)6/h7-12,14-16,20-21,24,29H,3,13,17-19,22-23H2,1-2,4-6H3. The minimum Gasteiger partial charge on any atom is -0.488 e. The Morgan fingerprint density at radius 2 is 1.75 bits per heavy atom. The van der Waals surface area contributed by atoms with Crippen LogP contribution in [0.25, 0.3) is 10.9 Å². The van der Waals surface area contributed by atoms with Crippen LogP contribution in [-0.4, -0.2) is 40.0 Å². The molecule has 1 saturated heterocycles. The monoisotopic (exact) mass is 600 g/mol. The Balaban J connectivity index is 1.46. The molecule has 1 unspecified atom stereocenters. The van der Waals surface area contributed by atoms with Gasteiger partial charge in [0.25, 0.3) is 0 Å². The van der Waals surface area contributed by atoms with Crippen molar-refractivity contribution in [1.82, 2.24) is 9.47 Å². The van der Waals surface area contributed by atoms with Crippen molar-refractivity contribution in [3.8, 4) is 5.75 Å². The molecule has 0 bridgehead atoms. The maximum atomic E-state index is 13.9. The second kappa shape index (κ2) is 12.8. The summed E-state index contributed by atoms with van der Waals surface area (Å²) in [6.07, 6.45) is 1.33. The third-order valence-corrected chi connectivity index (χ3v) is 7.93. The number of Topliss-reactive ketones (excluding diaryl/α,β-unsaturated/α-hetero) is 1. The summed E-state index contributed by atoms with van der Waals surface area (Å²) < 4.78 is 42.0. The number of aromatic nitrogens is 1. The van der Waals surface area contributed by atoms with E-state index in [0.29, 0.717) is 36.5 Å². The molecule has 3 aromatic carbocycles. The number of carbonyl (C=O) groups is 1. The minimum atomic E-state index is -0.902. The Morgan fingerprint density at radius 3 is 2.43 bits per heavy atom. The summed E-state index contributed by atoms with van der Waals surface area (Å²) in [6, 6.07) is 20.0. The average Bonchev–Trinajstić information content (AvgIpc) is 3.56. The molecule has 2 heterocycles. The van der Waals surface area contributed by atoms with E-state index in [2.05, 4.69) is 42.0 Å². The lowest BCUT2D eigenvalue weighted by atomic mass is 9.96. The van der Waals surface area contributed by atoms with Crippen molar-refractivity contribution in [3.63, 3.8) is 0 Å². The van der Waals surface area contributed by atoms with Gasteiger partial charge in [0.15, 0.2) is 23.3 Å². The lowest BCUT2D eigenvalue weighted by Gasteiger charge is -2.28. The van der Waals surface area contributed by atoms with Gasteiger partial charge in [-0.2, -0.15) is 0 Å². The first-order chi connectivity index (χ1) is 20.9. The van der Waals surface area contributed by atoms with E-state index in [1.54, 1.807) is 0 Å². The summed E-state index contributed by atoms with van der Waals surface area (Å²) >= 11 is 0. The average molecular weight is 601 g/mol. The molecular formula is C37H42F2N2O3. The summed E-state index contributed by atoms with van der Waals surface area (Å²) in [5.41, 5.74) is 3.97. The van der Waals surface area contributed by atoms with Crippen molar-refractivity contribution in [2.24, 2.45) is 0 Å². The van der Waals surface area contributed by atoms with Crippen LogP contribution in [0.5, 0.6) is 5.75 Å². The highest BCUT2D eigenvalue weighted by Crippen LogP contribution is 2.36. The van der Waals surface area contributed by atoms with E-state index in [4.69, 9.17) is 9.47 Å². The van der Waals surface area contributed by atoms with Crippen molar-refractivity contribution >= 4 is 16.7 Å². The molecule has 1 atom stereocenters. The highest BCUT2D eigenvalue weighted by Gasteiger charge is 2.29. The molecule has 7 heteroatoms. The predicted molar refractivity (Wildman–Crippen MR) is 171 cm³/mol. The molecule has 4 aromatic rings. The van der Waals surface area contributed by atoms with Crippen molar-refractivity contribution < 1.29 is 23.0 Å². The molecule has 1 aromatic heterocycles. The number of hydrogen-bond acceptors (Lipinski definition) is 4. The number of aryl methyl sites for hydroxylation is 1. The van der Waals surface area contributed by atoms with Gasteiger partial charge in [0, 0.05) is 48.6 Å². The van der Waals surface area contributed by atoms with Crippen molar-refractivity contribution in [3.05, 3.63) is 113 Å². The van der Waals surface area contributed by atoms with E-state index in [1.165, 1.54) is 12.1 Å². The molecule has 0 aliphatic carbocycles. The minimum absolute atomic E-state index is 0.0206. The molecule has 5 rings (SSSR count). The van der Waals surface area contributed by atoms with Crippen LogP contribution < -0.4 is 4.74 Å². The van der Waals surface area contributed by atoms with Crippen LogP contribution in [0.3, 0.4) is 0 Å². The van der Waals surface area contributed by atoms with Crippen LogP contribution in [0, 0.1) is 11.6 Å². The van der Waals surface area contributed by atoms with Gasteiger partial charge in [-0.05, 0) is 75.1 Å². The van der Waals surface area contributed by atoms with Gasteiger partial charge in [-0.3, -0.25) is 4.79 Å². The Morgan fingerprint density at radius 1 is 1.00 bits per heavy atom. The maximum absolute atomic E-state index is 13.9. The number of carbonyl (C=O) groups excluding carboxylic acids is 1. The third kappa shape index (κ3) is 7.15. The number of fused-ring (bicyclic) bond motifs is 1. The number of hydrogen-bond donors (Lipinski definition) is 0. The fourth-order valence-electron chi connectivity index (χ4n) is 5.99. The second-order valence-electron chi connectivity index (χ2n) is 12.9. The van der Waals surface area contributed by atoms with Crippen molar-refractivity contribution in [2.75, 3.05) is 13.1 Å². The zero-order valence-corrected chi connectivity index (χ0v) is 26.3. The predicted octanol–water partition coefficient (Wildman–Crippen LogP) is 8.65. The summed E-state index contributed by atoms with van der Waals surface area (Å²) in [6.45, 7) is 16.4. The number of benzene rings is 3. The number of rotatable bonds is 11. The molecule has 1 fully saturated rings. The normalized spacial score (nSPS) is 15.3. The van der Waals surface area contributed by atoms with Crippen LogP contribution in [0.2, 0.25) is 0 Å². The Hall–Kier alpha value is -4.13. The first-order valence-corrected chi connectivity index (χ1v) is 15.4. The van der Waals surface area contributed by atoms with E-state index >= 15 is 0 Å². The molecular weight excluding hydrogens is 558 g/mol. The summed E-state index contributed by atoms with van der Waals surface area (Å²) in [7, 11) is 0. The van der Waals surface area contributed by atoms with E-state index in [0.717, 1.165) is 46.9 Å². The molecule has 0 spiro atoms. The highest BCUT2D eigenvalue weighted by molar-refractivity contribution is 6.10. The van der Waals surface area contributed by atoms with Gasteiger partial charge in [-0.25, -0.2) is 8.78 Å². The number of halogens is 2. The second-order valence-corrected chi connectivity index (χ2v) is 12.9. The fraction of sp³-hybridized carbons (Fsp3) is 0.378. The third-order valence-electron chi connectivity index (χ3n) is 7.93. The summed E-state index contributed by atoms with van der Waals surface area (Å²) in [5, 5.41) is 0.868. The van der Waals surface area contributed by atoms with E-state index in [9.17, 15) is 13.6 Å². The SMILES string of the molecule is C=C(OC(C)(C)C)N1CCC(Oc2ccc3c(C(=O)CCc4ccc(F)c(F)c4)c(C(C)C)n(Cc4ccccc4)c3c2)C1. The highest BCUT2D eigenvalue weighted by atomic mass is 19.2. The lowest BCUT2D eigenvalue weighted by Crippen LogP contribution is -2.29. The van der Waals surface area contributed by atoms with Gasteiger partial charge in [0.2, 0.25) is 0 Å². The zero-order chi connectivity index (χ0) is 31.6. The van der Waals surface area contributed by atoms with E-state index in [1.807, 2.05) is 57.2 Å². The van der Waals surface area contributed by atoms with Crippen LogP contribution >= 0.6 is 0 Å². The molecule has 5 nitrogen and oxygen atoms in total. The molecule has 232 valence electrons. The van der Waals surface area contributed by atoms with Gasteiger partial charge < -0.3 is 18.9 Å². The zero-order valence-electron chi connectivity index (χ0n) is 26.3. The largest absolute Gasteiger partial charge is 0.488 e. The molecule has 0 saturated carbocycles. The molecule has 0 N–H and O–H groups in total. The Bertz CT molecular complexity index is 1650. The quantitative estimate of drug-likeness (QED) is 0.128. The van der Waals surface area contributed by atoms with Crippen molar-refractivity contribution in [1.29, 1.82) is 0 Å². The van der Waals surface area contributed by atoms with Gasteiger partial charge in [-0.1, -0.05) is 50.2 Å². The maximum Gasteiger partial charge on any atom is 0.182 e. The smallest absolute Gasteiger partial charge is 0.182 e. The Kier molecular flexibility index (Phi) is 9.14. The summed E-state index contributed by atoms with van der Waals surface area (Å²) in [4.78, 5) is 16.0. The first kappa shape index (κ1) is 31.3. The number of likely N-dealkylation sites (tertiary alicyclic amines) is 1. The van der Waals surface area contributed by atoms with Crippen molar-refractivity contribution in [2.45, 2.75) is 78.0 Å². The van der Waals surface area contributed by atoms with Gasteiger partial charge >= 0.3 is 0 Å². The molecule has 0 amide bonds. The molecule has 0 radical (unpaired) electrons. The molecule has 1 aliphatic heterocycles. The summed E-state index contributed by atoms with van der Waals surface area (Å²) in [5.74, 6) is -0.347. The van der Waals surface area contributed by atoms with Gasteiger partial charge in [-0.15, -0.1) is 0 Å².